The zero-order valence-corrected chi connectivity index (χ0v) is 14.9. The van der Waals surface area contributed by atoms with Crippen molar-refractivity contribution in [2.75, 3.05) is 5.32 Å². The molecular formula is C19H29N3O2. The molecule has 1 aromatic rings. The van der Waals surface area contributed by atoms with Gasteiger partial charge in [-0.3, -0.25) is 9.59 Å². The van der Waals surface area contributed by atoms with E-state index in [0.29, 0.717) is 5.56 Å². The average Bonchev–Trinajstić information content (AvgIpc) is 2.56. The number of rotatable bonds is 5. The van der Waals surface area contributed by atoms with E-state index in [2.05, 4.69) is 10.6 Å². The van der Waals surface area contributed by atoms with Crippen molar-refractivity contribution in [1.82, 2.24) is 5.32 Å². The molecule has 5 heteroatoms. The van der Waals surface area contributed by atoms with Gasteiger partial charge in [-0.1, -0.05) is 26.2 Å². The summed E-state index contributed by atoms with van der Waals surface area (Å²) in [7, 11) is 0. The predicted molar refractivity (Wildman–Crippen MR) is 97.0 cm³/mol. The molecule has 24 heavy (non-hydrogen) atoms. The summed E-state index contributed by atoms with van der Waals surface area (Å²) in [6, 6.07) is 5.46. The molecule has 0 aromatic heterocycles. The highest BCUT2D eigenvalue weighted by Gasteiger charge is 2.19. The Morgan fingerprint density at radius 1 is 1.17 bits per heavy atom. The summed E-state index contributed by atoms with van der Waals surface area (Å²) in [6.45, 7) is 5.51. The minimum absolute atomic E-state index is 0.0353. The maximum absolute atomic E-state index is 12.4. The zero-order valence-electron chi connectivity index (χ0n) is 14.9. The van der Waals surface area contributed by atoms with Crippen LogP contribution in [0.5, 0.6) is 0 Å². The Hall–Kier alpha value is -1.88. The highest BCUT2D eigenvalue weighted by Crippen LogP contribution is 2.20. The summed E-state index contributed by atoms with van der Waals surface area (Å²) in [5.74, 6) is -0.405. The van der Waals surface area contributed by atoms with Crippen molar-refractivity contribution < 1.29 is 9.59 Å². The van der Waals surface area contributed by atoms with Crippen LogP contribution in [-0.4, -0.2) is 23.9 Å². The third-order valence-corrected chi connectivity index (χ3v) is 4.89. The maximum atomic E-state index is 12.4. The summed E-state index contributed by atoms with van der Waals surface area (Å²) in [6.07, 6.45) is 5.77. The van der Waals surface area contributed by atoms with Crippen LogP contribution in [0.25, 0.3) is 0 Å². The second-order valence-electron chi connectivity index (χ2n) is 6.98. The number of amides is 2. The van der Waals surface area contributed by atoms with Crippen LogP contribution in [0.3, 0.4) is 0 Å². The predicted octanol–water partition coefficient (Wildman–Crippen LogP) is 2.98. The van der Waals surface area contributed by atoms with Crippen molar-refractivity contribution >= 4 is 17.5 Å². The van der Waals surface area contributed by atoms with Gasteiger partial charge >= 0.3 is 0 Å². The highest BCUT2D eigenvalue weighted by atomic mass is 16.2. The van der Waals surface area contributed by atoms with Crippen LogP contribution in [0.4, 0.5) is 5.69 Å². The number of hydrogen-bond acceptors (Lipinski definition) is 3. The molecule has 2 amide bonds. The first-order chi connectivity index (χ1) is 11.4. The first kappa shape index (κ1) is 18.5. The Morgan fingerprint density at radius 2 is 1.83 bits per heavy atom. The molecule has 0 spiro atoms. The molecule has 1 fully saturated rings. The van der Waals surface area contributed by atoms with E-state index in [0.717, 1.165) is 24.1 Å². The third kappa shape index (κ3) is 4.81. The van der Waals surface area contributed by atoms with Crippen LogP contribution in [0.2, 0.25) is 0 Å². The van der Waals surface area contributed by atoms with Gasteiger partial charge in [0.05, 0.1) is 5.92 Å². The normalized spacial score (nSPS) is 17.8. The number of carbonyl (C=O) groups excluding carboxylic acids is 2. The van der Waals surface area contributed by atoms with E-state index in [4.69, 9.17) is 5.73 Å². The number of aryl methyl sites for hydroxylation is 1. The molecule has 1 aliphatic rings. The largest absolute Gasteiger partial charge is 0.349 e. The van der Waals surface area contributed by atoms with Gasteiger partial charge in [-0.25, -0.2) is 0 Å². The molecule has 2 unspecified atom stereocenters. The molecule has 2 rings (SSSR count). The molecule has 5 nitrogen and oxygen atoms in total. The van der Waals surface area contributed by atoms with Gasteiger partial charge in [-0.15, -0.1) is 0 Å². The van der Waals surface area contributed by atoms with Gasteiger partial charge in [0.1, 0.15) is 0 Å². The number of carbonyl (C=O) groups is 2. The summed E-state index contributed by atoms with van der Waals surface area (Å²) in [5.41, 5.74) is 8.00. The Kier molecular flexibility index (Phi) is 6.37. The second-order valence-corrected chi connectivity index (χ2v) is 6.98. The molecule has 1 saturated carbocycles. The van der Waals surface area contributed by atoms with E-state index >= 15 is 0 Å². The standard InChI is InChI=1S/C19H29N3O2/c1-12-11-15(19(24)21-16-7-5-4-6-8-16)9-10-17(12)22-18(23)13(2)14(3)20/h9-11,13-14,16H,4-8,20H2,1-3H3,(H,21,24)(H,22,23). The summed E-state index contributed by atoms with van der Waals surface area (Å²) in [5, 5.41) is 6.00. The van der Waals surface area contributed by atoms with Crippen molar-refractivity contribution in [2.24, 2.45) is 11.7 Å². The van der Waals surface area contributed by atoms with Crippen molar-refractivity contribution in [2.45, 2.75) is 65.0 Å². The molecule has 0 saturated heterocycles. The fraction of sp³-hybridized carbons (Fsp3) is 0.579. The maximum Gasteiger partial charge on any atom is 0.251 e. The molecule has 1 aliphatic carbocycles. The van der Waals surface area contributed by atoms with Crippen molar-refractivity contribution in [1.29, 1.82) is 0 Å². The van der Waals surface area contributed by atoms with E-state index in [1.807, 2.05) is 19.9 Å². The van der Waals surface area contributed by atoms with Gasteiger partial charge in [0.25, 0.3) is 5.91 Å². The highest BCUT2D eigenvalue weighted by molar-refractivity contribution is 5.97. The summed E-state index contributed by atoms with van der Waals surface area (Å²) in [4.78, 5) is 24.5. The van der Waals surface area contributed by atoms with Crippen LogP contribution in [0.15, 0.2) is 18.2 Å². The van der Waals surface area contributed by atoms with E-state index < -0.39 is 0 Å². The molecular weight excluding hydrogens is 302 g/mol. The fourth-order valence-corrected chi connectivity index (χ4v) is 2.95. The van der Waals surface area contributed by atoms with E-state index in [1.54, 1.807) is 19.1 Å². The van der Waals surface area contributed by atoms with Gasteiger partial charge in [-0.05, 0) is 50.5 Å². The smallest absolute Gasteiger partial charge is 0.251 e. The minimum Gasteiger partial charge on any atom is -0.349 e. The number of hydrogen-bond donors (Lipinski definition) is 3. The lowest BCUT2D eigenvalue weighted by molar-refractivity contribution is -0.119. The monoisotopic (exact) mass is 331 g/mol. The Morgan fingerprint density at radius 3 is 2.42 bits per heavy atom. The van der Waals surface area contributed by atoms with Crippen molar-refractivity contribution in [3.63, 3.8) is 0 Å². The number of benzene rings is 1. The van der Waals surface area contributed by atoms with Crippen LogP contribution < -0.4 is 16.4 Å². The molecule has 0 bridgehead atoms. The minimum atomic E-state index is -0.265. The Bertz CT molecular complexity index is 592. The number of nitrogens with two attached hydrogens (primary N) is 1. The third-order valence-electron chi connectivity index (χ3n) is 4.89. The van der Waals surface area contributed by atoms with Gasteiger partial charge in [0.2, 0.25) is 5.91 Å². The van der Waals surface area contributed by atoms with Crippen LogP contribution >= 0.6 is 0 Å². The molecule has 4 N–H and O–H groups in total. The molecule has 0 aliphatic heterocycles. The molecule has 0 heterocycles. The van der Waals surface area contributed by atoms with Crippen LogP contribution in [0, 0.1) is 12.8 Å². The summed E-state index contributed by atoms with van der Waals surface area (Å²) >= 11 is 0. The van der Waals surface area contributed by atoms with Gasteiger partial charge in [0, 0.05) is 23.3 Å². The first-order valence-electron chi connectivity index (χ1n) is 8.86. The summed E-state index contributed by atoms with van der Waals surface area (Å²) < 4.78 is 0. The fourth-order valence-electron chi connectivity index (χ4n) is 2.95. The van der Waals surface area contributed by atoms with Crippen LogP contribution in [-0.2, 0) is 4.79 Å². The molecule has 2 atom stereocenters. The lowest BCUT2D eigenvalue weighted by atomic mass is 9.95. The Labute approximate surface area is 144 Å². The number of nitrogens with one attached hydrogen (secondary N) is 2. The van der Waals surface area contributed by atoms with Crippen molar-refractivity contribution in [3.8, 4) is 0 Å². The first-order valence-corrected chi connectivity index (χ1v) is 8.86. The SMILES string of the molecule is Cc1cc(C(=O)NC2CCCCC2)ccc1NC(=O)C(C)C(C)N. The van der Waals surface area contributed by atoms with Gasteiger partial charge in [-0.2, -0.15) is 0 Å². The van der Waals surface area contributed by atoms with Gasteiger partial charge < -0.3 is 16.4 Å². The Balaban J connectivity index is 2.00. The van der Waals surface area contributed by atoms with E-state index in [9.17, 15) is 9.59 Å². The number of anilines is 1. The second kappa shape index (κ2) is 8.29. The van der Waals surface area contributed by atoms with Crippen LogP contribution in [0.1, 0.15) is 61.9 Å². The lowest BCUT2D eigenvalue weighted by Gasteiger charge is -2.23. The molecule has 132 valence electrons. The average molecular weight is 331 g/mol. The van der Waals surface area contributed by atoms with Crippen molar-refractivity contribution in [3.05, 3.63) is 29.3 Å². The van der Waals surface area contributed by atoms with E-state index in [-0.39, 0.29) is 29.8 Å². The topological polar surface area (TPSA) is 84.2 Å². The lowest BCUT2D eigenvalue weighted by Crippen LogP contribution is -2.36. The van der Waals surface area contributed by atoms with E-state index in [1.165, 1.54) is 19.3 Å². The molecule has 0 radical (unpaired) electrons. The quantitative estimate of drug-likeness (QED) is 0.775. The zero-order chi connectivity index (χ0) is 17.7. The molecule has 1 aromatic carbocycles. The van der Waals surface area contributed by atoms with Gasteiger partial charge in [0.15, 0.2) is 0 Å².